The Morgan fingerprint density at radius 3 is 2.62 bits per heavy atom. The summed E-state index contributed by atoms with van der Waals surface area (Å²) in [7, 11) is 0. The third-order valence-corrected chi connectivity index (χ3v) is 4.25. The zero-order valence-electron chi connectivity index (χ0n) is 12.7. The molecule has 2 rings (SSSR count). The van der Waals surface area contributed by atoms with E-state index in [-0.39, 0.29) is 10.0 Å². The van der Waals surface area contributed by atoms with Gasteiger partial charge in [-0.05, 0) is 11.6 Å². The minimum Gasteiger partial charge on any atom is -0.378 e. The molecule has 0 saturated carbocycles. The van der Waals surface area contributed by atoms with Crippen LogP contribution in [0.5, 0.6) is 0 Å². The number of ether oxygens (including phenoxy) is 1. The van der Waals surface area contributed by atoms with Gasteiger partial charge in [0, 0.05) is 30.1 Å². The van der Waals surface area contributed by atoms with Gasteiger partial charge in [0.05, 0.1) is 13.2 Å². The van der Waals surface area contributed by atoms with Crippen molar-refractivity contribution in [1.82, 2.24) is 15.0 Å². The van der Waals surface area contributed by atoms with E-state index in [1.54, 1.807) is 0 Å². The number of nitrogens with one attached hydrogen (secondary N) is 1. The monoisotopic (exact) mass is 331 g/mol. The van der Waals surface area contributed by atoms with E-state index in [1.165, 1.54) is 0 Å². The highest BCUT2D eigenvalue weighted by Gasteiger charge is 2.16. The molecule has 1 fully saturated rings. The quantitative estimate of drug-likeness (QED) is 0.830. The lowest BCUT2D eigenvalue weighted by Gasteiger charge is -2.26. The van der Waals surface area contributed by atoms with Crippen LogP contribution in [0.2, 0.25) is 5.28 Å². The second kappa shape index (κ2) is 7.47. The van der Waals surface area contributed by atoms with E-state index in [9.17, 15) is 0 Å². The summed E-state index contributed by atoms with van der Waals surface area (Å²) in [4.78, 5) is 14.8. The predicted octanol–water partition coefficient (Wildman–Crippen LogP) is 2.31. The average molecular weight is 332 g/mol. The highest BCUT2D eigenvalue weighted by molar-refractivity contribution is 8.00. The van der Waals surface area contributed by atoms with Crippen molar-refractivity contribution in [2.45, 2.75) is 25.5 Å². The fourth-order valence-corrected chi connectivity index (χ4v) is 2.82. The molecule has 1 saturated heterocycles. The van der Waals surface area contributed by atoms with Gasteiger partial charge in [-0.3, -0.25) is 0 Å². The van der Waals surface area contributed by atoms with E-state index in [1.807, 2.05) is 11.8 Å². The van der Waals surface area contributed by atoms with Gasteiger partial charge >= 0.3 is 0 Å². The first-order valence-electron chi connectivity index (χ1n) is 7.06. The molecule has 1 N–H and O–H groups in total. The second-order valence-corrected chi connectivity index (χ2v) is 7.97. The zero-order valence-corrected chi connectivity index (χ0v) is 14.3. The summed E-state index contributed by atoms with van der Waals surface area (Å²) in [6.45, 7) is 10.3. The fourth-order valence-electron chi connectivity index (χ4n) is 1.84. The van der Waals surface area contributed by atoms with Gasteiger partial charge in [0.1, 0.15) is 0 Å². The van der Waals surface area contributed by atoms with Crippen LogP contribution < -0.4 is 10.2 Å². The number of morpholine rings is 1. The van der Waals surface area contributed by atoms with Gasteiger partial charge in [0.25, 0.3) is 0 Å². The summed E-state index contributed by atoms with van der Waals surface area (Å²) in [6.07, 6.45) is 0. The Balaban J connectivity index is 1.92. The van der Waals surface area contributed by atoms with Crippen LogP contribution in [-0.2, 0) is 4.74 Å². The van der Waals surface area contributed by atoms with Gasteiger partial charge in [0.2, 0.25) is 17.2 Å². The van der Waals surface area contributed by atoms with E-state index in [4.69, 9.17) is 16.3 Å². The number of hydrogen-bond acceptors (Lipinski definition) is 7. The summed E-state index contributed by atoms with van der Waals surface area (Å²) >= 11 is 7.88. The molecule has 1 aliphatic heterocycles. The Labute approximate surface area is 135 Å². The van der Waals surface area contributed by atoms with Crippen LogP contribution in [0.3, 0.4) is 0 Å². The van der Waals surface area contributed by atoms with Gasteiger partial charge in [-0.25, -0.2) is 0 Å². The number of anilines is 2. The molecular formula is C13H22ClN5OS. The Morgan fingerprint density at radius 2 is 1.95 bits per heavy atom. The number of aromatic nitrogens is 3. The smallest absolute Gasteiger partial charge is 0.231 e. The first-order valence-corrected chi connectivity index (χ1v) is 8.42. The molecule has 0 atom stereocenters. The molecule has 0 radical (unpaired) electrons. The fraction of sp³-hybridized carbons (Fsp3) is 0.769. The van der Waals surface area contributed by atoms with Gasteiger partial charge in [-0.1, -0.05) is 20.8 Å². The minimum absolute atomic E-state index is 0.220. The van der Waals surface area contributed by atoms with Gasteiger partial charge in [-0.15, -0.1) is 0 Å². The Kier molecular flexibility index (Phi) is 5.89. The molecule has 1 aliphatic rings. The van der Waals surface area contributed by atoms with Crippen LogP contribution in [0, 0.1) is 0 Å². The van der Waals surface area contributed by atoms with Crippen LogP contribution in [-0.4, -0.2) is 58.3 Å². The van der Waals surface area contributed by atoms with Crippen LogP contribution in [0.15, 0.2) is 0 Å². The van der Waals surface area contributed by atoms with Gasteiger partial charge < -0.3 is 15.0 Å². The van der Waals surface area contributed by atoms with Crippen molar-refractivity contribution in [3.8, 4) is 0 Å². The van der Waals surface area contributed by atoms with Crippen LogP contribution in [0.25, 0.3) is 0 Å². The summed E-state index contributed by atoms with van der Waals surface area (Å²) in [6, 6.07) is 0. The van der Waals surface area contributed by atoms with Crippen molar-refractivity contribution in [1.29, 1.82) is 0 Å². The van der Waals surface area contributed by atoms with E-state index in [2.05, 4.69) is 45.9 Å². The Morgan fingerprint density at radius 1 is 1.24 bits per heavy atom. The zero-order chi connectivity index (χ0) is 15.3. The number of halogens is 1. The van der Waals surface area contributed by atoms with Crippen molar-refractivity contribution >= 4 is 35.3 Å². The molecule has 6 nitrogen and oxygen atoms in total. The van der Waals surface area contributed by atoms with Crippen molar-refractivity contribution < 1.29 is 4.74 Å². The number of thioether (sulfide) groups is 1. The lowest BCUT2D eigenvalue weighted by Crippen LogP contribution is -2.37. The molecule has 118 valence electrons. The summed E-state index contributed by atoms with van der Waals surface area (Å²) in [5.74, 6) is 2.13. The topological polar surface area (TPSA) is 63.2 Å². The molecule has 1 aromatic rings. The summed E-state index contributed by atoms with van der Waals surface area (Å²) in [5.41, 5.74) is 0. The molecule has 1 aromatic heterocycles. The van der Waals surface area contributed by atoms with Crippen LogP contribution in [0.4, 0.5) is 11.9 Å². The summed E-state index contributed by atoms with van der Waals surface area (Å²) in [5, 5.41) is 3.43. The van der Waals surface area contributed by atoms with Crippen molar-refractivity contribution in [3.63, 3.8) is 0 Å². The molecular weight excluding hydrogens is 310 g/mol. The molecule has 0 spiro atoms. The van der Waals surface area contributed by atoms with Gasteiger partial charge in [0.15, 0.2) is 0 Å². The maximum atomic E-state index is 5.99. The predicted molar refractivity (Wildman–Crippen MR) is 88.6 cm³/mol. The maximum Gasteiger partial charge on any atom is 0.231 e. The highest BCUT2D eigenvalue weighted by Crippen LogP contribution is 2.22. The van der Waals surface area contributed by atoms with E-state index in [0.717, 1.165) is 25.4 Å². The molecule has 21 heavy (non-hydrogen) atoms. The Hall–Kier alpha value is -0.790. The lowest BCUT2D eigenvalue weighted by molar-refractivity contribution is 0.122. The summed E-state index contributed by atoms with van der Waals surface area (Å²) < 4.78 is 5.59. The normalized spacial score (nSPS) is 16.1. The Bertz CT molecular complexity index is 462. The van der Waals surface area contributed by atoms with Crippen molar-refractivity contribution in [2.24, 2.45) is 0 Å². The molecule has 0 aromatic carbocycles. The van der Waals surface area contributed by atoms with Crippen LogP contribution >= 0.6 is 23.4 Å². The van der Waals surface area contributed by atoms with E-state index < -0.39 is 0 Å². The van der Waals surface area contributed by atoms with Gasteiger partial charge in [-0.2, -0.15) is 26.7 Å². The largest absolute Gasteiger partial charge is 0.378 e. The third-order valence-electron chi connectivity index (χ3n) is 2.81. The number of hydrogen-bond donors (Lipinski definition) is 1. The van der Waals surface area contributed by atoms with Crippen molar-refractivity contribution in [2.75, 3.05) is 48.8 Å². The van der Waals surface area contributed by atoms with E-state index >= 15 is 0 Å². The molecule has 0 aliphatic carbocycles. The van der Waals surface area contributed by atoms with E-state index in [0.29, 0.717) is 25.1 Å². The van der Waals surface area contributed by atoms with Crippen molar-refractivity contribution in [3.05, 3.63) is 5.28 Å². The lowest BCUT2D eigenvalue weighted by atomic mass is 10.3. The highest BCUT2D eigenvalue weighted by atomic mass is 35.5. The second-order valence-electron chi connectivity index (χ2n) is 5.72. The SMILES string of the molecule is CC(C)(C)SCCNc1nc(Cl)nc(N2CCOCC2)n1. The average Bonchev–Trinajstić information content (AvgIpc) is 2.43. The molecule has 0 bridgehead atoms. The number of nitrogens with zero attached hydrogens (tertiary/aromatic N) is 4. The van der Waals surface area contributed by atoms with Crippen LogP contribution in [0.1, 0.15) is 20.8 Å². The standard InChI is InChI=1S/C13H22ClN5OS/c1-13(2,3)21-9-4-15-11-16-10(14)17-12(18-11)19-5-7-20-8-6-19/h4-9H2,1-3H3,(H,15,16,17,18). The first-order chi connectivity index (χ1) is 9.94. The maximum absolute atomic E-state index is 5.99. The molecule has 0 amide bonds. The molecule has 8 heteroatoms. The minimum atomic E-state index is 0.220. The number of rotatable bonds is 5. The third kappa shape index (κ3) is 5.84. The molecule has 2 heterocycles. The first kappa shape index (κ1) is 16.6. The molecule has 0 unspecified atom stereocenters.